The largest absolute Gasteiger partial charge is 0.373 e. The van der Waals surface area contributed by atoms with Gasteiger partial charge in [0.05, 0.1) is 29.6 Å². The van der Waals surface area contributed by atoms with Crippen molar-refractivity contribution < 1.29 is 13.5 Å². The van der Waals surface area contributed by atoms with Crippen molar-refractivity contribution >= 4 is 22.6 Å². The Morgan fingerprint density at radius 2 is 2.20 bits per heavy atom. The zero-order chi connectivity index (χ0) is 13.9. The lowest BCUT2D eigenvalue weighted by atomic mass is 9.95. The molecule has 0 aliphatic carbocycles. The molecule has 2 bridgehead atoms. The van der Waals surface area contributed by atoms with Gasteiger partial charge in [0.2, 0.25) is 0 Å². The van der Waals surface area contributed by atoms with Crippen LogP contribution in [0.5, 0.6) is 0 Å². The van der Waals surface area contributed by atoms with Gasteiger partial charge in [0.25, 0.3) is 0 Å². The number of fused-ring (bicyclic) bond motifs is 3. The van der Waals surface area contributed by atoms with E-state index in [0.29, 0.717) is 11.3 Å². The molecule has 2 aliphatic rings. The highest BCUT2D eigenvalue weighted by molar-refractivity contribution is 6.16. The second-order valence-electron chi connectivity index (χ2n) is 5.44. The highest BCUT2D eigenvalue weighted by Gasteiger charge is 2.43. The standard InChI is InChI=1S/C14H13ClF2N2O/c15-6-12-18-9-3-2-8(16)13(17)14(9)19(12)10-5-7-1-4-11(10)20-7/h2-3,7,10-11H,1,4-6H2. The Hall–Kier alpha value is -1.20. The Morgan fingerprint density at radius 1 is 1.35 bits per heavy atom. The average Bonchev–Trinajstić information content (AvgIpc) is 3.14. The fourth-order valence-corrected chi connectivity index (χ4v) is 3.69. The van der Waals surface area contributed by atoms with E-state index in [4.69, 9.17) is 16.3 Å². The Balaban J connectivity index is 1.94. The number of rotatable bonds is 2. The SMILES string of the molecule is Fc1ccc2nc(CCl)n(C3CC4CCC3O4)c2c1F. The van der Waals surface area contributed by atoms with Gasteiger partial charge in [0.1, 0.15) is 11.3 Å². The van der Waals surface area contributed by atoms with Crippen LogP contribution in [0.3, 0.4) is 0 Å². The summed E-state index contributed by atoms with van der Waals surface area (Å²) in [6, 6.07) is 2.60. The van der Waals surface area contributed by atoms with Crippen LogP contribution in [0.1, 0.15) is 31.1 Å². The van der Waals surface area contributed by atoms with Gasteiger partial charge >= 0.3 is 0 Å². The number of hydrogen-bond donors (Lipinski definition) is 0. The topological polar surface area (TPSA) is 27.1 Å². The number of nitrogens with zero attached hydrogens (tertiary/aromatic N) is 2. The summed E-state index contributed by atoms with van der Waals surface area (Å²) in [4.78, 5) is 4.33. The molecule has 0 N–H and O–H groups in total. The number of imidazole rings is 1. The number of aromatic nitrogens is 2. The fourth-order valence-electron chi connectivity index (χ4n) is 3.51. The van der Waals surface area contributed by atoms with E-state index in [1.54, 1.807) is 4.57 Å². The minimum Gasteiger partial charge on any atom is -0.373 e. The molecule has 4 rings (SSSR count). The van der Waals surface area contributed by atoms with Crippen LogP contribution >= 0.6 is 11.6 Å². The van der Waals surface area contributed by atoms with Crippen LogP contribution in [0, 0.1) is 11.6 Å². The molecular weight excluding hydrogens is 286 g/mol. The number of alkyl halides is 1. The summed E-state index contributed by atoms with van der Waals surface area (Å²) in [5, 5.41) is 0. The maximum Gasteiger partial charge on any atom is 0.184 e. The number of halogens is 3. The van der Waals surface area contributed by atoms with E-state index in [9.17, 15) is 8.78 Å². The lowest BCUT2D eigenvalue weighted by Crippen LogP contribution is -2.22. The summed E-state index contributed by atoms with van der Waals surface area (Å²) in [7, 11) is 0. The number of benzene rings is 1. The van der Waals surface area contributed by atoms with Crippen molar-refractivity contribution in [3.63, 3.8) is 0 Å². The molecule has 6 heteroatoms. The quantitative estimate of drug-likeness (QED) is 0.793. The maximum atomic E-state index is 14.2. The molecule has 106 valence electrons. The van der Waals surface area contributed by atoms with Gasteiger partial charge in [-0.15, -0.1) is 11.6 Å². The summed E-state index contributed by atoms with van der Waals surface area (Å²) >= 11 is 5.94. The average molecular weight is 299 g/mol. The van der Waals surface area contributed by atoms with Crippen LogP contribution in [0.4, 0.5) is 8.78 Å². The van der Waals surface area contributed by atoms with Gasteiger partial charge < -0.3 is 9.30 Å². The summed E-state index contributed by atoms with van der Waals surface area (Å²) in [5.41, 5.74) is 0.657. The highest BCUT2D eigenvalue weighted by atomic mass is 35.5. The van der Waals surface area contributed by atoms with Gasteiger partial charge in [-0.2, -0.15) is 0 Å². The second kappa shape index (κ2) is 4.40. The molecule has 2 fully saturated rings. The van der Waals surface area contributed by atoms with Crippen molar-refractivity contribution in [2.75, 3.05) is 0 Å². The van der Waals surface area contributed by atoms with E-state index in [-0.39, 0.29) is 29.6 Å². The summed E-state index contributed by atoms with van der Waals surface area (Å²) in [6.07, 6.45) is 3.09. The van der Waals surface area contributed by atoms with Crippen molar-refractivity contribution in [2.45, 2.75) is 43.4 Å². The number of hydrogen-bond acceptors (Lipinski definition) is 2. The third-order valence-electron chi connectivity index (χ3n) is 4.34. The first kappa shape index (κ1) is 12.5. The Morgan fingerprint density at radius 3 is 2.85 bits per heavy atom. The molecule has 3 heterocycles. The highest BCUT2D eigenvalue weighted by Crippen LogP contribution is 2.44. The molecule has 2 aromatic rings. The predicted molar refractivity (Wildman–Crippen MR) is 70.8 cm³/mol. The number of ether oxygens (including phenoxy) is 1. The normalized spacial score (nSPS) is 28.6. The van der Waals surface area contributed by atoms with Crippen LogP contribution in [0.2, 0.25) is 0 Å². The fraction of sp³-hybridized carbons (Fsp3) is 0.500. The molecule has 3 atom stereocenters. The molecule has 0 radical (unpaired) electrons. The van der Waals surface area contributed by atoms with Gasteiger partial charge in [-0.3, -0.25) is 0 Å². The zero-order valence-corrected chi connectivity index (χ0v) is 11.4. The molecule has 20 heavy (non-hydrogen) atoms. The molecule has 2 saturated heterocycles. The minimum atomic E-state index is -0.858. The van der Waals surface area contributed by atoms with Crippen molar-refractivity contribution in [3.05, 3.63) is 29.6 Å². The van der Waals surface area contributed by atoms with Crippen LogP contribution in [0.25, 0.3) is 11.0 Å². The molecular formula is C14H13ClF2N2O. The summed E-state index contributed by atoms with van der Waals surface area (Å²) < 4.78 is 35.3. The zero-order valence-electron chi connectivity index (χ0n) is 10.7. The Kier molecular flexibility index (Phi) is 2.76. The molecule has 1 aromatic carbocycles. The molecule has 3 unspecified atom stereocenters. The lowest BCUT2D eigenvalue weighted by molar-refractivity contribution is 0.0939. The van der Waals surface area contributed by atoms with E-state index in [1.807, 2.05) is 0 Å². The van der Waals surface area contributed by atoms with E-state index in [2.05, 4.69) is 4.98 Å². The van der Waals surface area contributed by atoms with E-state index >= 15 is 0 Å². The first-order valence-corrected chi connectivity index (χ1v) is 7.28. The van der Waals surface area contributed by atoms with Crippen molar-refractivity contribution in [1.82, 2.24) is 9.55 Å². The third kappa shape index (κ3) is 1.63. The second-order valence-corrected chi connectivity index (χ2v) is 5.70. The van der Waals surface area contributed by atoms with Crippen molar-refractivity contribution in [2.24, 2.45) is 0 Å². The van der Waals surface area contributed by atoms with Gasteiger partial charge in [0.15, 0.2) is 11.6 Å². The van der Waals surface area contributed by atoms with Gasteiger partial charge in [-0.25, -0.2) is 13.8 Å². The van der Waals surface area contributed by atoms with E-state index in [0.717, 1.165) is 25.3 Å². The first-order chi connectivity index (χ1) is 9.69. The monoisotopic (exact) mass is 298 g/mol. The van der Waals surface area contributed by atoms with Crippen molar-refractivity contribution in [1.29, 1.82) is 0 Å². The van der Waals surface area contributed by atoms with Crippen LogP contribution in [-0.2, 0) is 10.6 Å². The van der Waals surface area contributed by atoms with Crippen LogP contribution < -0.4 is 0 Å². The maximum absolute atomic E-state index is 14.2. The van der Waals surface area contributed by atoms with Crippen molar-refractivity contribution in [3.8, 4) is 0 Å². The van der Waals surface area contributed by atoms with Crippen LogP contribution in [-0.4, -0.2) is 21.8 Å². The smallest absolute Gasteiger partial charge is 0.184 e. The van der Waals surface area contributed by atoms with Gasteiger partial charge in [-0.05, 0) is 31.4 Å². The molecule has 2 aliphatic heterocycles. The molecule has 0 spiro atoms. The third-order valence-corrected chi connectivity index (χ3v) is 4.58. The summed E-state index contributed by atoms with van der Waals surface area (Å²) in [6.45, 7) is 0. The molecule has 0 saturated carbocycles. The molecule has 0 amide bonds. The van der Waals surface area contributed by atoms with E-state index < -0.39 is 11.6 Å². The Bertz CT molecular complexity index is 687. The molecule has 3 nitrogen and oxygen atoms in total. The lowest BCUT2D eigenvalue weighted by Gasteiger charge is -2.23. The first-order valence-electron chi connectivity index (χ1n) is 6.75. The molecule has 1 aromatic heterocycles. The minimum absolute atomic E-state index is 0.00352. The Labute approximate surface area is 119 Å². The van der Waals surface area contributed by atoms with E-state index in [1.165, 1.54) is 6.07 Å². The van der Waals surface area contributed by atoms with Gasteiger partial charge in [0, 0.05) is 0 Å². The van der Waals surface area contributed by atoms with Crippen LogP contribution in [0.15, 0.2) is 12.1 Å². The summed E-state index contributed by atoms with van der Waals surface area (Å²) in [5.74, 6) is -0.964. The predicted octanol–water partition coefficient (Wildman–Crippen LogP) is 3.55. The van der Waals surface area contributed by atoms with Gasteiger partial charge in [-0.1, -0.05) is 0 Å².